The fourth-order valence-electron chi connectivity index (χ4n) is 1.55. The lowest BCUT2D eigenvalue weighted by atomic mass is 10.2. The van der Waals surface area contributed by atoms with Crippen LogP contribution in [0.15, 0.2) is 36.5 Å². The summed E-state index contributed by atoms with van der Waals surface area (Å²) in [6, 6.07) is 9.52. The van der Waals surface area contributed by atoms with Gasteiger partial charge >= 0.3 is 0 Å². The first kappa shape index (κ1) is 10.6. The molecular formula is C12H13N3O. The number of benzene rings is 1. The molecule has 4 nitrogen and oxygen atoms in total. The van der Waals surface area contributed by atoms with Crippen LogP contribution in [0.2, 0.25) is 0 Å². The van der Waals surface area contributed by atoms with Gasteiger partial charge in [0.15, 0.2) is 0 Å². The molecular weight excluding hydrogens is 202 g/mol. The number of nitrogens with one attached hydrogen (secondary N) is 1. The highest BCUT2D eigenvalue weighted by molar-refractivity contribution is 6.00. The van der Waals surface area contributed by atoms with Gasteiger partial charge < -0.3 is 11.1 Å². The van der Waals surface area contributed by atoms with Gasteiger partial charge in [0.1, 0.15) is 0 Å². The second-order valence-corrected chi connectivity index (χ2v) is 3.47. The smallest absolute Gasteiger partial charge is 0.225 e. The molecule has 16 heavy (non-hydrogen) atoms. The standard InChI is InChI=1S/C12H13N3O/c13-7-6-11(16)15-10-5-1-3-9-4-2-8-14-12(9)10/h1-5,8H,6-7,13H2,(H,15,16). The van der Waals surface area contributed by atoms with Crippen LogP contribution in [-0.2, 0) is 4.79 Å². The maximum Gasteiger partial charge on any atom is 0.225 e. The highest BCUT2D eigenvalue weighted by Gasteiger charge is 2.04. The van der Waals surface area contributed by atoms with E-state index in [9.17, 15) is 4.79 Å². The fraction of sp³-hybridized carbons (Fsp3) is 0.167. The third-order valence-electron chi connectivity index (χ3n) is 2.28. The van der Waals surface area contributed by atoms with E-state index >= 15 is 0 Å². The number of rotatable bonds is 3. The monoisotopic (exact) mass is 215 g/mol. The molecule has 82 valence electrons. The number of hydrogen-bond donors (Lipinski definition) is 2. The summed E-state index contributed by atoms with van der Waals surface area (Å²) in [5, 5.41) is 3.81. The van der Waals surface area contributed by atoms with Crippen molar-refractivity contribution in [3.05, 3.63) is 36.5 Å². The summed E-state index contributed by atoms with van der Waals surface area (Å²) in [6.45, 7) is 0.351. The fourth-order valence-corrected chi connectivity index (χ4v) is 1.55. The average molecular weight is 215 g/mol. The lowest BCUT2D eigenvalue weighted by Gasteiger charge is -2.06. The number of aromatic nitrogens is 1. The molecule has 1 aromatic heterocycles. The molecule has 3 N–H and O–H groups in total. The van der Waals surface area contributed by atoms with Gasteiger partial charge in [-0.05, 0) is 12.1 Å². The van der Waals surface area contributed by atoms with Gasteiger partial charge in [-0.15, -0.1) is 0 Å². The molecule has 0 spiro atoms. The number of nitrogens with two attached hydrogens (primary N) is 1. The second kappa shape index (κ2) is 4.72. The van der Waals surface area contributed by atoms with Gasteiger partial charge in [0, 0.05) is 24.5 Å². The molecule has 0 aliphatic rings. The molecule has 0 saturated carbocycles. The summed E-state index contributed by atoms with van der Waals surface area (Å²) < 4.78 is 0. The van der Waals surface area contributed by atoms with Gasteiger partial charge in [-0.25, -0.2) is 0 Å². The Morgan fingerprint density at radius 3 is 2.94 bits per heavy atom. The van der Waals surface area contributed by atoms with Crippen molar-refractivity contribution in [3.63, 3.8) is 0 Å². The first-order valence-corrected chi connectivity index (χ1v) is 5.15. The maximum atomic E-state index is 11.4. The van der Waals surface area contributed by atoms with Crippen LogP contribution in [0.1, 0.15) is 6.42 Å². The number of fused-ring (bicyclic) bond motifs is 1. The van der Waals surface area contributed by atoms with Crippen molar-refractivity contribution in [3.8, 4) is 0 Å². The molecule has 2 aromatic rings. The van der Waals surface area contributed by atoms with Gasteiger partial charge in [0.2, 0.25) is 5.91 Å². The van der Waals surface area contributed by atoms with Crippen LogP contribution in [0.5, 0.6) is 0 Å². The Balaban J connectivity index is 2.33. The number of amides is 1. The van der Waals surface area contributed by atoms with Crippen molar-refractivity contribution < 1.29 is 4.79 Å². The van der Waals surface area contributed by atoms with Gasteiger partial charge in [0.05, 0.1) is 11.2 Å². The highest BCUT2D eigenvalue weighted by atomic mass is 16.1. The van der Waals surface area contributed by atoms with E-state index in [0.29, 0.717) is 13.0 Å². The van der Waals surface area contributed by atoms with E-state index < -0.39 is 0 Å². The summed E-state index contributed by atoms with van der Waals surface area (Å²) in [6.07, 6.45) is 2.03. The molecule has 0 unspecified atom stereocenters. The number of para-hydroxylation sites is 1. The predicted octanol–water partition coefficient (Wildman–Crippen LogP) is 1.52. The zero-order valence-electron chi connectivity index (χ0n) is 8.81. The normalized spacial score (nSPS) is 10.3. The third-order valence-corrected chi connectivity index (χ3v) is 2.28. The molecule has 0 saturated heterocycles. The van der Waals surface area contributed by atoms with Gasteiger partial charge in [-0.3, -0.25) is 9.78 Å². The minimum absolute atomic E-state index is 0.0827. The Kier molecular flexibility index (Phi) is 3.12. The molecule has 1 amide bonds. The average Bonchev–Trinajstić information content (AvgIpc) is 2.30. The molecule has 0 radical (unpaired) electrons. The van der Waals surface area contributed by atoms with Crippen LogP contribution in [0.3, 0.4) is 0 Å². The van der Waals surface area contributed by atoms with Crippen LogP contribution in [-0.4, -0.2) is 17.4 Å². The van der Waals surface area contributed by atoms with E-state index in [2.05, 4.69) is 10.3 Å². The Bertz CT molecular complexity index is 505. The van der Waals surface area contributed by atoms with Crippen molar-refractivity contribution in [1.82, 2.24) is 4.98 Å². The summed E-state index contributed by atoms with van der Waals surface area (Å²) in [7, 11) is 0. The summed E-state index contributed by atoms with van der Waals surface area (Å²) >= 11 is 0. The topological polar surface area (TPSA) is 68.0 Å². The third kappa shape index (κ3) is 2.17. The number of pyridine rings is 1. The minimum Gasteiger partial charge on any atom is -0.330 e. The van der Waals surface area contributed by atoms with E-state index in [0.717, 1.165) is 16.6 Å². The van der Waals surface area contributed by atoms with Crippen LogP contribution >= 0.6 is 0 Å². The number of carbonyl (C=O) groups is 1. The Hall–Kier alpha value is -1.94. The zero-order valence-corrected chi connectivity index (χ0v) is 8.81. The molecule has 1 aromatic carbocycles. The first-order chi connectivity index (χ1) is 7.81. The Labute approximate surface area is 93.5 Å². The van der Waals surface area contributed by atoms with E-state index in [1.807, 2.05) is 30.3 Å². The number of hydrogen-bond acceptors (Lipinski definition) is 3. The second-order valence-electron chi connectivity index (χ2n) is 3.47. The van der Waals surface area contributed by atoms with Crippen LogP contribution in [0.25, 0.3) is 10.9 Å². The zero-order chi connectivity index (χ0) is 11.4. The van der Waals surface area contributed by atoms with Crippen LogP contribution < -0.4 is 11.1 Å². The largest absolute Gasteiger partial charge is 0.330 e. The Morgan fingerprint density at radius 1 is 1.31 bits per heavy atom. The molecule has 0 atom stereocenters. The van der Waals surface area contributed by atoms with Crippen LogP contribution in [0, 0.1) is 0 Å². The SMILES string of the molecule is NCCC(=O)Nc1cccc2cccnc12. The van der Waals surface area contributed by atoms with Gasteiger partial charge in [-0.1, -0.05) is 18.2 Å². The molecule has 0 aliphatic carbocycles. The quantitative estimate of drug-likeness (QED) is 0.815. The first-order valence-electron chi connectivity index (χ1n) is 5.15. The van der Waals surface area contributed by atoms with E-state index in [-0.39, 0.29) is 5.91 Å². The lowest BCUT2D eigenvalue weighted by Crippen LogP contribution is -2.16. The van der Waals surface area contributed by atoms with E-state index in [1.165, 1.54) is 0 Å². The molecule has 1 heterocycles. The highest BCUT2D eigenvalue weighted by Crippen LogP contribution is 2.20. The van der Waals surface area contributed by atoms with Gasteiger partial charge in [0.25, 0.3) is 0 Å². The van der Waals surface area contributed by atoms with E-state index in [4.69, 9.17) is 5.73 Å². The Morgan fingerprint density at radius 2 is 2.12 bits per heavy atom. The molecule has 0 aliphatic heterocycles. The minimum atomic E-state index is -0.0827. The summed E-state index contributed by atoms with van der Waals surface area (Å²) in [5.74, 6) is -0.0827. The maximum absolute atomic E-state index is 11.4. The molecule has 2 rings (SSSR count). The lowest BCUT2D eigenvalue weighted by molar-refractivity contribution is -0.116. The van der Waals surface area contributed by atoms with Crippen molar-refractivity contribution in [1.29, 1.82) is 0 Å². The number of nitrogens with zero attached hydrogens (tertiary/aromatic N) is 1. The molecule has 0 bridgehead atoms. The van der Waals surface area contributed by atoms with Crippen molar-refractivity contribution in [2.24, 2.45) is 5.73 Å². The molecule has 4 heteroatoms. The number of anilines is 1. The van der Waals surface area contributed by atoms with E-state index in [1.54, 1.807) is 6.20 Å². The van der Waals surface area contributed by atoms with Crippen LogP contribution in [0.4, 0.5) is 5.69 Å². The van der Waals surface area contributed by atoms with Gasteiger partial charge in [-0.2, -0.15) is 0 Å². The summed E-state index contributed by atoms with van der Waals surface area (Å²) in [4.78, 5) is 15.7. The van der Waals surface area contributed by atoms with Crippen molar-refractivity contribution in [2.75, 3.05) is 11.9 Å². The number of carbonyl (C=O) groups excluding carboxylic acids is 1. The van der Waals surface area contributed by atoms with Crippen molar-refractivity contribution >= 4 is 22.5 Å². The predicted molar refractivity (Wildman–Crippen MR) is 64.0 cm³/mol. The summed E-state index contributed by atoms with van der Waals surface area (Å²) in [5.41, 5.74) is 6.85. The molecule has 0 fully saturated rings. The van der Waals surface area contributed by atoms with Crippen molar-refractivity contribution in [2.45, 2.75) is 6.42 Å².